The Hall–Kier alpha value is -1.14. The topological polar surface area (TPSA) is 57.4 Å². The molecule has 0 spiro atoms. The summed E-state index contributed by atoms with van der Waals surface area (Å²) in [6.45, 7) is 7.75. The number of rotatable bonds is 4. The Kier molecular flexibility index (Phi) is 4.33. The minimum absolute atomic E-state index is 0.650. The zero-order valence-electron chi connectivity index (χ0n) is 10.6. The Bertz CT molecular complexity index is 340. The van der Waals surface area contributed by atoms with Crippen molar-refractivity contribution in [1.82, 2.24) is 20.4 Å². The standard InChI is InChI=1S/C11H21N5O/c1-3-12-9-10-13-14-11(17-10)16-6-4-5-15(2)7-8-16/h12H,3-9H2,1-2H3. The Labute approximate surface area is 102 Å². The maximum Gasteiger partial charge on any atom is 0.318 e. The van der Waals surface area contributed by atoms with Gasteiger partial charge in [-0.05, 0) is 26.6 Å². The minimum Gasteiger partial charge on any atom is -0.407 e. The number of hydrogen-bond acceptors (Lipinski definition) is 6. The van der Waals surface area contributed by atoms with Crippen LogP contribution in [0.15, 0.2) is 4.42 Å². The zero-order valence-corrected chi connectivity index (χ0v) is 10.6. The lowest BCUT2D eigenvalue weighted by Crippen LogP contribution is -2.28. The lowest BCUT2D eigenvalue weighted by Gasteiger charge is -2.17. The average molecular weight is 239 g/mol. The largest absolute Gasteiger partial charge is 0.407 e. The van der Waals surface area contributed by atoms with Gasteiger partial charge in [0.25, 0.3) is 0 Å². The highest BCUT2D eigenvalue weighted by molar-refractivity contribution is 5.24. The van der Waals surface area contributed by atoms with Gasteiger partial charge in [0, 0.05) is 19.6 Å². The third kappa shape index (κ3) is 3.41. The summed E-state index contributed by atoms with van der Waals surface area (Å²) in [7, 11) is 2.15. The lowest BCUT2D eigenvalue weighted by atomic mass is 10.4. The van der Waals surface area contributed by atoms with Crippen molar-refractivity contribution in [3.63, 3.8) is 0 Å². The van der Waals surface area contributed by atoms with E-state index in [1.54, 1.807) is 0 Å². The fourth-order valence-corrected chi connectivity index (χ4v) is 1.91. The van der Waals surface area contributed by atoms with E-state index in [2.05, 4.69) is 39.3 Å². The molecule has 1 saturated heterocycles. The maximum atomic E-state index is 5.64. The van der Waals surface area contributed by atoms with E-state index < -0.39 is 0 Å². The van der Waals surface area contributed by atoms with Crippen LogP contribution in [0.5, 0.6) is 0 Å². The molecule has 1 N–H and O–H groups in total. The van der Waals surface area contributed by atoms with Gasteiger partial charge in [0.05, 0.1) is 6.54 Å². The van der Waals surface area contributed by atoms with Crippen molar-refractivity contribution in [2.75, 3.05) is 44.7 Å². The van der Waals surface area contributed by atoms with Crippen LogP contribution < -0.4 is 10.2 Å². The molecule has 0 unspecified atom stereocenters. The molecule has 0 radical (unpaired) electrons. The summed E-state index contributed by atoms with van der Waals surface area (Å²) in [6, 6.07) is 0.660. The molecule has 6 nitrogen and oxygen atoms in total. The van der Waals surface area contributed by atoms with Crippen LogP contribution in [0.2, 0.25) is 0 Å². The summed E-state index contributed by atoms with van der Waals surface area (Å²) >= 11 is 0. The van der Waals surface area contributed by atoms with E-state index in [4.69, 9.17) is 4.42 Å². The second kappa shape index (κ2) is 5.97. The SMILES string of the molecule is CCNCc1nnc(N2CCCN(C)CC2)o1. The van der Waals surface area contributed by atoms with Crippen LogP contribution in [0, 0.1) is 0 Å². The third-order valence-corrected chi connectivity index (χ3v) is 2.97. The molecule has 0 aromatic carbocycles. The number of aromatic nitrogens is 2. The van der Waals surface area contributed by atoms with E-state index in [-0.39, 0.29) is 0 Å². The van der Waals surface area contributed by atoms with Crippen LogP contribution in [0.4, 0.5) is 6.01 Å². The first-order valence-electron chi connectivity index (χ1n) is 6.26. The van der Waals surface area contributed by atoms with Gasteiger partial charge in [-0.15, -0.1) is 5.10 Å². The van der Waals surface area contributed by atoms with Crippen LogP contribution in [0.3, 0.4) is 0 Å². The number of nitrogens with one attached hydrogen (secondary N) is 1. The van der Waals surface area contributed by atoms with E-state index in [9.17, 15) is 0 Å². The van der Waals surface area contributed by atoms with Gasteiger partial charge in [0.1, 0.15) is 0 Å². The van der Waals surface area contributed by atoms with Crippen molar-refractivity contribution in [1.29, 1.82) is 0 Å². The van der Waals surface area contributed by atoms with E-state index in [1.807, 2.05) is 0 Å². The van der Waals surface area contributed by atoms with Crippen molar-refractivity contribution < 1.29 is 4.42 Å². The molecule has 0 amide bonds. The molecule has 1 fully saturated rings. The Morgan fingerprint density at radius 2 is 2.12 bits per heavy atom. The van der Waals surface area contributed by atoms with Gasteiger partial charge < -0.3 is 19.5 Å². The van der Waals surface area contributed by atoms with Crippen molar-refractivity contribution in [2.45, 2.75) is 19.9 Å². The van der Waals surface area contributed by atoms with Gasteiger partial charge in [-0.2, -0.15) is 0 Å². The van der Waals surface area contributed by atoms with Gasteiger partial charge in [-0.1, -0.05) is 12.0 Å². The molecule has 0 aliphatic carbocycles. The maximum absolute atomic E-state index is 5.64. The Morgan fingerprint density at radius 3 is 2.94 bits per heavy atom. The molecule has 6 heteroatoms. The number of hydrogen-bond donors (Lipinski definition) is 1. The highest BCUT2D eigenvalue weighted by Crippen LogP contribution is 2.14. The van der Waals surface area contributed by atoms with Crippen molar-refractivity contribution in [2.24, 2.45) is 0 Å². The fourth-order valence-electron chi connectivity index (χ4n) is 1.91. The molecular formula is C11H21N5O. The van der Waals surface area contributed by atoms with Crippen LogP contribution in [-0.4, -0.2) is 54.9 Å². The summed E-state index contributed by atoms with van der Waals surface area (Å²) in [5, 5.41) is 11.3. The molecule has 1 aromatic rings. The predicted molar refractivity (Wildman–Crippen MR) is 66.0 cm³/mol. The monoisotopic (exact) mass is 239 g/mol. The van der Waals surface area contributed by atoms with Crippen LogP contribution in [-0.2, 0) is 6.54 Å². The normalized spacial score (nSPS) is 18.4. The van der Waals surface area contributed by atoms with Crippen LogP contribution in [0.1, 0.15) is 19.2 Å². The first-order chi connectivity index (χ1) is 8.29. The first-order valence-corrected chi connectivity index (χ1v) is 6.26. The molecule has 2 heterocycles. The molecule has 1 aliphatic rings. The molecule has 2 rings (SSSR count). The van der Waals surface area contributed by atoms with Gasteiger partial charge in [0.15, 0.2) is 0 Å². The summed E-state index contributed by atoms with van der Waals surface area (Å²) in [4.78, 5) is 4.50. The Balaban J connectivity index is 1.94. The quantitative estimate of drug-likeness (QED) is 0.816. The number of nitrogens with zero attached hydrogens (tertiary/aromatic N) is 4. The number of likely N-dealkylation sites (N-methyl/N-ethyl adjacent to an activating group) is 1. The highest BCUT2D eigenvalue weighted by Gasteiger charge is 2.17. The third-order valence-electron chi connectivity index (χ3n) is 2.97. The summed E-state index contributed by atoms with van der Waals surface area (Å²) in [5.41, 5.74) is 0. The van der Waals surface area contributed by atoms with Crippen molar-refractivity contribution in [3.05, 3.63) is 5.89 Å². The molecule has 0 atom stereocenters. The lowest BCUT2D eigenvalue weighted by molar-refractivity contribution is 0.359. The number of anilines is 1. The fraction of sp³-hybridized carbons (Fsp3) is 0.818. The predicted octanol–water partition coefficient (Wildman–Crippen LogP) is 0.321. The van der Waals surface area contributed by atoms with E-state index in [1.165, 1.54) is 0 Å². The van der Waals surface area contributed by atoms with Gasteiger partial charge in [-0.3, -0.25) is 0 Å². The zero-order chi connectivity index (χ0) is 12.1. The summed E-state index contributed by atoms with van der Waals surface area (Å²) in [5.74, 6) is 0.666. The Morgan fingerprint density at radius 1 is 1.24 bits per heavy atom. The molecular weight excluding hydrogens is 218 g/mol. The van der Waals surface area contributed by atoms with Crippen molar-refractivity contribution >= 4 is 6.01 Å². The molecule has 1 aromatic heterocycles. The summed E-state index contributed by atoms with van der Waals surface area (Å²) < 4.78 is 5.64. The second-order valence-corrected chi connectivity index (χ2v) is 4.40. The van der Waals surface area contributed by atoms with Crippen molar-refractivity contribution in [3.8, 4) is 0 Å². The van der Waals surface area contributed by atoms with Gasteiger partial charge >= 0.3 is 6.01 Å². The average Bonchev–Trinajstić information content (AvgIpc) is 2.69. The van der Waals surface area contributed by atoms with E-state index in [0.29, 0.717) is 18.5 Å². The molecule has 17 heavy (non-hydrogen) atoms. The van der Waals surface area contributed by atoms with Crippen LogP contribution in [0.25, 0.3) is 0 Å². The second-order valence-electron chi connectivity index (χ2n) is 4.40. The molecule has 1 aliphatic heterocycles. The minimum atomic E-state index is 0.650. The summed E-state index contributed by atoms with van der Waals surface area (Å²) in [6.07, 6.45) is 1.14. The van der Waals surface area contributed by atoms with Gasteiger partial charge in [-0.25, -0.2) is 0 Å². The van der Waals surface area contributed by atoms with E-state index >= 15 is 0 Å². The van der Waals surface area contributed by atoms with Crippen LogP contribution >= 0.6 is 0 Å². The molecule has 0 bridgehead atoms. The van der Waals surface area contributed by atoms with Gasteiger partial charge in [0.2, 0.25) is 5.89 Å². The highest BCUT2D eigenvalue weighted by atomic mass is 16.4. The first kappa shape index (κ1) is 12.3. The smallest absolute Gasteiger partial charge is 0.318 e. The molecule has 0 saturated carbocycles. The van der Waals surface area contributed by atoms with E-state index in [0.717, 1.165) is 39.1 Å². The molecule has 96 valence electrons.